The molecule has 1 aliphatic heterocycles. The van der Waals surface area contributed by atoms with Gasteiger partial charge in [0.15, 0.2) is 0 Å². The number of carbonyl (C=O) groups is 1. The lowest BCUT2D eigenvalue weighted by Crippen LogP contribution is -2.41. The van der Waals surface area contributed by atoms with Gasteiger partial charge in [-0.25, -0.2) is 4.39 Å². The number of rotatable bonds is 1. The maximum atomic E-state index is 13.8. The van der Waals surface area contributed by atoms with Gasteiger partial charge in [-0.05, 0) is 54.5 Å². The van der Waals surface area contributed by atoms with Gasteiger partial charge in [0.05, 0.1) is 5.69 Å². The molecule has 0 saturated carbocycles. The first-order chi connectivity index (χ1) is 11.3. The molecule has 2 aromatic rings. The van der Waals surface area contributed by atoms with Crippen LogP contribution in [0.2, 0.25) is 0 Å². The second kappa shape index (κ2) is 5.19. The van der Waals surface area contributed by atoms with Crippen LogP contribution in [0.5, 0.6) is 0 Å². The first-order valence-corrected chi connectivity index (χ1v) is 9.05. The van der Waals surface area contributed by atoms with Crippen molar-refractivity contribution in [3.05, 3.63) is 51.0 Å². The lowest BCUT2D eigenvalue weighted by atomic mass is 9.90. The number of anilines is 1. The lowest BCUT2D eigenvalue weighted by molar-refractivity contribution is 0.0964. The van der Waals surface area contributed by atoms with Crippen LogP contribution in [0.1, 0.15) is 41.2 Å². The number of halogens is 2. The molecular formula is C19H20BrFN2O. The van der Waals surface area contributed by atoms with Gasteiger partial charge in [0, 0.05) is 23.3 Å². The SMILES string of the molecule is Cc1c(Br)cc(F)cc1N1CCn2c(cc3c2CC(C)(C)C3)C1=O. The van der Waals surface area contributed by atoms with E-state index in [1.807, 2.05) is 13.0 Å². The molecule has 1 aliphatic carbocycles. The van der Waals surface area contributed by atoms with Gasteiger partial charge in [0.1, 0.15) is 11.5 Å². The molecule has 1 aromatic heterocycles. The van der Waals surface area contributed by atoms with Crippen molar-refractivity contribution < 1.29 is 9.18 Å². The number of aromatic nitrogens is 1. The van der Waals surface area contributed by atoms with E-state index >= 15 is 0 Å². The predicted molar refractivity (Wildman–Crippen MR) is 96.1 cm³/mol. The summed E-state index contributed by atoms with van der Waals surface area (Å²) in [7, 11) is 0. The van der Waals surface area contributed by atoms with Gasteiger partial charge in [-0.2, -0.15) is 0 Å². The Hall–Kier alpha value is -1.62. The number of hydrogen-bond acceptors (Lipinski definition) is 1. The molecule has 0 fully saturated rings. The Morgan fingerprint density at radius 3 is 2.67 bits per heavy atom. The van der Waals surface area contributed by atoms with Gasteiger partial charge in [0.2, 0.25) is 0 Å². The topological polar surface area (TPSA) is 25.2 Å². The molecule has 0 unspecified atom stereocenters. The Kier molecular flexibility index (Phi) is 3.43. The second-order valence-electron chi connectivity index (χ2n) is 7.66. The molecular weight excluding hydrogens is 371 g/mol. The van der Waals surface area contributed by atoms with Gasteiger partial charge < -0.3 is 9.47 Å². The average molecular weight is 391 g/mol. The maximum absolute atomic E-state index is 13.8. The number of amides is 1. The molecule has 2 heterocycles. The van der Waals surface area contributed by atoms with E-state index in [2.05, 4.69) is 34.3 Å². The summed E-state index contributed by atoms with van der Waals surface area (Å²) in [6.07, 6.45) is 2.03. The fourth-order valence-electron chi connectivity index (χ4n) is 4.05. The van der Waals surface area contributed by atoms with Gasteiger partial charge in [-0.1, -0.05) is 29.8 Å². The Morgan fingerprint density at radius 2 is 1.92 bits per heavy atom. The highest BCUT2D eigenvalue weighted by Gasteiger charge is 2.37. The minimum atomic E-state index is -0.333. The Bertz CT molecular complexity index is 869. The van der Waals surface area contributed by atoms with Gasteiger partial charge in [-0.15, -0.1) is 0 Å². The molecule has 24 heavy (non-hydrogen) atoms. The Labute approximate surface area is 149 Å². The molecule has 3 nitrogen and oxygen atoms in total. The van der Waals surface area contributed by atoms with Crippen LogP contribution in [-0.4, -0.2) is 17.0 Å². The highest BCUT2D eigenvalue weighted by atomic mass is 79.9. The summed E-state index contributed by atoms with van der Waals surface area (Å²) in [5, 5.41) is 0. The number of fused-ring (bicyclic) bond motifs is 3. The van der Waals surface area contributed by atoms with Crippen molar-refractivity contribution in [2.75, 3.05) is 11.4 Å². The summed E-state index contributed by atoms with van der Waals surface area (Å²) in [6, 6.07) is 4.93. The van der Waals surface area contributed by atoms with Gasteiger partial charge in [-0.3, -0.25) is 4.79 Å². The molecule has 1 amide bonds. The van der Waals surface area contributed by atoms with E-state index in [0.29, 0.717) is 16.7 Å². The smallest absolute Gasteiger partial charge is 0.274 e. The molecule has 0 bridgehead atoms. The third kappa shape index (κ3) is 2.32. The van der Waals surface area contributed by atoms with Crippen molar-refractivity contribution >= 4 is 27.5 Å². The fraction of sp³-hybridized carbons (Fsp3) is 0.421. The highest BCUT2D eigenvalue weighted by molar-refractivity contribution is 9.10. The molecule has 0 radical (unpaired) electrons. The standard InChI is InChI=1S/C19H20BrFN2O/c1-11-14(20)7-13(21)8-15(11)23-5-4-22-16(18(23)24)6-12-9-19(2,3)10-17(12)22/h6-8H,4-5,9-10H2,1-3H3. The van der Waals surface area contributed by atoms with Crippen molar-refractivity contribution in [3.63, 3.8) is 0 Å². The van der Waals surface area contributed by atoms with Crippen molar-refractivity contribution in [2.45, 2.75) is 40.2 Å². The molecule has 0 saturated heterocycles. The summed E-state index contributed by atoms with van der Waals surface area (Å²) in [5.41, 5.74) is 5.15. The van der Waals surface area contributed by atoms with E-state index in [1.54, 1.807) is 4.90 Å². The van der Waals surface area contributed by atoms with Crippen LogP contribution in [0, 0.1) is 18.2 Å². The summed E-state index contributed by atoms with van der Waals surface area (Å²) < 4.78 is 16.7. The van der Waals surface area contributed by atoms with Crippen LogP contribution in [-0.2, 0) is 19.4 Å². The zero-order chi connectivity index (χ0) is 17.2. The zero-order valence-electron chi connectivity index (χ0n) is 14.1. The van der Waals surface area contributed by atoms with E-state index in [-0.39, 0.29) is 17.1 Å². The average Bonchev–Trinajstić information content (AvgIpc) is 2.96. The molecule has 5 heteroatoms. The molecule has 0 atom stereocenters. The second-order valence-corrected chi connectivity index (χ2v) is 8.51. The third-order valence-corrected chi connectivity index (χ3v) is 6.02. The van der Waals surface area contributed by atoms with Crippen LogP contribution in [0.15, 0.2) is 22.7 Å². The monoisotopic (exact) mass is 390 g/mol. The Morgan fingerprint density at radius 1 is 1.17 bits per heavy atom. The van der Waals surface area contributed by atoms with E-state index < -0.39 is 0 Å². The summed E-state index contributed by atoms with van der Waals surface area (Å²) in [4.78, 5) is 14.7. The largest absolute Gasteiger partial charge is 0.339 e. The normalized spacial score (nSPS) is 18.7. The van der Waals surface area contributed by atoms with Crippen LogP contribution in [0.25, 0.3) is 0 Å². The minimum absolute atomic E-state index is 0.0333. The number of carbonyl (C=O) groups excluding carboxylic acids is 1. The summed E-state index contributed by atoms with van der Waals surface area (Å²) in [5.74, 6) is -0.366. The first kappa shape index (κ1) is 15.9. The Balaban J connectivity index is 1.75. The van der Waals surface area contributed by atoms with Crippen molar-refractivity contribution in [2.24, 2.45) is 5.41 Å². The van der Waals surface area contributed by atoms with Crippen LogP contribution >= 0.6 is 15.9 Å². The summed E-state index contributed by atoms with van der Waals surface area (Å²) in [6.45, 7) is 7.78. The number of benzene rings is 1. The zero-order valence-corrected chi connectivity index (χ0v) is 15.7. The molecule has 1 aromatic carbocycles. The van der Waals surface area contributed by atoms with E-state index in [1.165, 1.54) is 23.4 Å². The number of hydrogen-bond donors (Lipinski definition) is 0. The summed E-state index contributed by atoms with van der Waals surface area (Å²) >= 11 is 3.38. The quantitative estimate of drug-likeness (QED) is 0.704. The molecule has 126 valence electrons. The predicted octanol–water partition coefficient (Wildman–Crippen LogP) is 4.48. The minimum Gasteiger partial charge on any atom is -0.339 e. The van der Waals surface area contributed by atoms with Crippen LogP contribution in [0.4, 0.5) is 10.1 Å². The van der Waals surface area contributed by atoms with Crippen molar-refractivity contribution in [3.8, 4) is 0 Å². The van der Waals surface area contributed by atoms with E-state index in [9.17, 15) is 9.18 Å². The molecule has 0 N–H and O–H groups in total. The van der Waals surface area contributed by atoms with Crippen molar-refractivity contribution in [1.82, 2.24) is 4.57 Å². The molecule has 0 spiro atoms. The van der Waals surface area contributed by atoms with Crippen molar-refractivity contribution in [1.29, 1.82) is 0 Å². The lowest BCUT2D eigenvalue weighted by Gasteiger charge is -2.31. The third-order valence-electron chi connectivity index (χ3n) is 5.20. The van der Waals surface area contributed by atoms with Gasteiger partial charge in [0.25, 0.3) is 5.91 Å². The molecule has 4 rings (SSSR count). The van der Waals surface area contributed by atoms with Crippen LogP contribution < -0.4 is 4.90 Å². The van der Waals surface area contributed by atoms with Crippen LogP contribution in [0.3, 0.4) is 0 Å². The van der Waals surface area contributed by atoms with E-state index in [4.69, 9.17) is 0 Å². The molecule has 2 aliphatic rings. The first-order valence-electron chi connectivity index (χ1n) is 8.26. The number of nitrogens with zero attached hydrogens (tertiary/aromatic N) is 2. The van der Waals surface area contributed by atoms with Gasteiger partial charge >= 0.3 is 0 Å². The highest BCUT2D eigenvalue weighted by Crippen LogP contribution is 2.40. The maximum Gasteiger partial charge on any atom is 0.274 e. The van der Waals surface area contributed by atoms with E-state index in [0.717, 1.165) is 30.6 Å². The fourth-order valence-corrected chi connectivity index (χ4v) is 4.48.